The fourth-order valence-corrected chi connectivity index (χ4v) is 3.51. The molecule has 1 aromatic carbocycles. The number of carboxylic acids is 1. The third-order valence-electron chi connectivity index (χ3n) is 5.47. The summed E-state index contributed by atoms with van der Waals surface area (Å²) in [4.78, 5) is 74.3. The van der Waals surface area contributed by atoms with Crippen LogP contribution in [-0.4, -0.2) is 74.0 Å². The first-order valence-electron chi connectivity index (χ1n) is 11.8. The number of carbonyl (C=O) groups is 4. The number of nitrogens with zero attached hydrogens (tertiary/aromatic N) is 4. The maximum absolute atomic E-state index is 13.4. The molecule has 15 nitrogen and oxygen atoms in total. The lowest BCUT2D eigenvalue weighted by molar-refractivity contribution is -0.170. The van der Waals surface area contributed by atoms with E-state index in [4.69, 9.17) is 11.5 Å². The van der Waals surface area contributed by atoms with E-state index in [1.165, 1.54) is 0 Å². The van der Waals surface area contributed by atoms with Crippen LogP contribution >= 0.6 is 0 Å². The normalized spacial score (nSPS) is 12.0. The number of H-pyrrole nitrogens is 1. The highest BCUT2D eigenvalue weighted by atomic mass is 19.4. The van der Waals surface area contributed by atoms with Gasteiger partial charge >= 0.3 is 18.1 Å². The number of anilines is 2. The zero-order valence-corrected chi connectivity index (χ0v) is 21.1. The lowest BCUT2D eigenvalue weighted by atomic mass is 10.1. The molecule has 0 bridgehead atoms. The molecule has 3 aromatic rings. The number of aliphatic carboxylic acids is 1. The SMILES string of the molecule is NCCNC(=O)CCC(NC(=O)c1ccc(N(Cc2cnc3nc(N)[nH]c(=O)c3n2)C(=O)C(F)(F)F)cc1)C(=O)O. The van der Waals surface area contributed by atoms with Gasteiger partial charge in [-0.05, 0) is 30.7 Å². The number of aromatic nitrogens is 4. The number of carboxylic acid groups (broad SMARTS) is 1. The first kappa shape index (κ1) is 30.4. The van der Waals surface area contributed by atoms with Gasteiger partial charge in [-0.2, -0.15) is 18.2 Å². The number of amides is 3. The quantitative estimate of drug-likeness (QED) is 0.168. The standard InChI is InChI=1S/C23H24F3N9O6/c24-23(25,26)21(41)35(10-12-9-30-17-16(31-12)19(38)34-22(28)33-17)13-3-1-11(2-4-13)18(37)32-14(20(39)40)5-6-15(36)29-8-7-27/h1-4,9,14H,5-8,10,27H2,(H,29,36)(H,32,37)(H,39,40)(H3,28,30,33,34,38). The summed E-state index contributed by atoms with van der Waals surface area (Å²) in [6.07, 6.45) is -4.72. The van der Waals surface area contributed by atoms with E-state index in [-0.39, 0.29) is 60.0 Å². The van der Waals surface area contributed by atoms with Crippen molar-refractivity contribution >= 4 is 46.5 Å². The van der Waals surface area contributed by atoms with Crippen LogP contribution in [0.3, 0.4) is 0 Å². The van der Waals surface area contributed by atoms with Gasteiger partial charge in [-0.25, -0.2) is 14.8 Å². The Labute approximate surface area is 228 Å². The summed E-state index contributed by atoms with van der Waals surface area (Å²) in [7, 11) is 0. The number of nitrogens with one attached hydrogen (secondary N) is 3. The summed E-state index contributed by atoms with van der Waals surface area (Å²) in [6, 6.07) is 2.81. The van der Waals surface area contributed by atoms with Crippen LogP contribution < -0.4 is 32.6 Å². The molecule has 0 aliphatic rings. The molecule has 0 aliphatic carbocycles. The number of rotatable bonds is 11. The predicted molar refractivity (Wildman–Crippen MR) is 136 cm³/mol. The van der Waals surface area contributed by atoms with Crippen LogP contribution in [0.25, 0.3) is 11.2 Å². The molecule has 0 spiro atoms. The van der Waals surface area contributed by atoms with Crippen LogP contribution in [-0.2, 0) is 20.9 Å². The largest absolute Gasteiger partial charge is 0.480 e. The Morgan fingerprint density at radius 3 is 2.41 bits per heavy atom. The molecule has 1 atom stereocenters. The second kappa shape index (κ2) is 12.8. The monoisotopic (exact) mass is 579 g/mol. The van der Waals surface area contributed by atoms with Gasteiger partial charge in [-0.15, -0.1) is 0 Å². The van der Waals surface area contributed by atoms with Crippen LogP contribution in [0.4, 0.5) is 24.8 Å². The Balaban J connectivity index is 1.81. The Kier molecular flexibility index (Phi) is 9.51. The van der Waals surface area contributed by atoms with Gasteiger partial charge in [-0.1, -0.05) is 0 Å². The zero-order valence-electron chi connectivity index (χ0n) is 21.1. The Morgan fingerprint density at radius 2 is 1.80 bits per heavy atom. The fourth-order valence-electron chi connectivity index (χ4n) is 3.51. The van der Waals surface area contributed by atoms with E-state index < -0.39 is 48.0 Å². The summed E-state index contributed by atoms with van der Waals surface area (Å²) in [5, 5.41) is 14.1. The molecule has 0 fully saturated rings. The Hall–Kier alpha value is -5.13. The van der Waals surface area contributed by atoms with Crippen LogP contribution in [0, 0.1) is 0 Å². The molecule has 2 heterocycles. The lowest BCUT2D eigenvalue weighted by Gasteiger charge is -2.24. The number of alkyl halides is 3. The number of hydrogen-bond acceptors (Lipinski definition) is 10. The van der Waals surface area contributed by atoms with Gasteiger partial charge in [0.05, 0.1) is 18.4 Å². The number of halogens is 3. The maximum atomic E-state index is 13.4. The average Bonchev–Trinajstić information content (AvgIpc) is 2.91. The van der Waals surface area contributed by atoms with Crippen molar-refractivity contribution in [2.45, 2.75) is 31.6 Å². The van der Waals surface area contributed by atoms with Gasteiger partial charge in [-0.3, -0.25) is 29.1 Å². The summed E-state index contributed by atoms with van der Waals surface area (Å²) in [6.45, 7) is -0.375. The first-order valence-corrected chi connectivity index (χ1v) is 11.8. The zero-order chi connectivity index (χ0) is 30.3. The predicted octanol–water partition coefficient (Wildman–Crippen LogP) is -0.571. The minimum absolute atomic E-state index is 0.132. The molecule has 3 rings (SSSR count). The van der Waals surface area contributed by atoms with Gasteiger partial charge < -0.3 is 27.2 Å². The minimum Gasteiger partial charge on any atom is -0.480 e. The molecule has 3 amide bonds. The molecule has 0 aliphatic heterocycles. The molecule has 8 N–H and O–H groups in total. The summed E-state index contributed by atoms with van der Waals surface area (Å²) >= 11 is 0. The third kappa shape index (κ3) is 7.94. The molecule has 0 radical (unpaired) electrons. The number of carbonyl (C=O) groups excluding carboxylic acids is 3. The van der Waals surface area contributed by atoms with E-state index in [2.05, 4.69) is 30.6 Å². The van der Waals surface area contributed by atoms with Crippen molar-refractivity contribution < 1.29 is 37.5 Å². The van der Waals surface area contributed by atoms with Crippen molar-refractivity contribution in [3.8, 4) is 0 Å². The van der Waals surface area contributed by atoms with E-state index in [9.17, 15) is 42.3 Å². The molecule has 218 valence electrons. The summed E-state index contributed by atoms with van der Waals surface area (Å²) in [5.41, 5.74) is 8.85. The topological polar surface area (TPSA) is 239 Å². The summed E-state index contributed by atoms with van der Waals surface area (Å²) in [5.74, 6) is -5.26. The summed E-state index contributed by atoms with van der Waals surface area (Å²) < 4.78 is 40.2. The number of aromatic amines is 1. The Morgan fingerprint density at radius 1 is 1.12 bits per heavy atom. The highest BCUT2D eigenvalue weighted by Crippen LogP contribution is 2.26. The van der Waals surface area contributed by atoms with E-state index in [1.807, 2.05) is 0 Å². The minimum atomic E-state index is -5.29. The van der Waals surface area contributed by atoms with Crippen LogP contribution in [0.5, 0.6) is 0 Å². The lowest BCUT2D eigenvalue weighted by Crippen LogP contribution is -2.42. The van der Waals surface area contributed by atoms with E-state index >= 15 is 0 Å². The van der Waals surface area contributed by atoms with E-state index in [0.717, 1.165) is 30.5 Å². The highest BCUT2D eigenvalue weighted by molar-refractivity contribution is 5.99. The average molecular weight is 579 g/mol. The number of benzene rings is 1. The molecule has 1 unspecified atom stereocenters. The molecule has 18 heteroatoms. The molecule has 0 saturated heterocycles. The van der Waals surface area contributed by atoms with Gasteiger partial charge in [0, 0.05) is 30.8 Å². The van der Waals surface area contributed by atoms with E-state index in [0.29, 0.717) is 4.90 Å². The van der Waals surface area contributed by atoms with Crippen LogP contribution in [0.15, 0.2) is 35.3 Å². The highest BCUT2D eigenvalue weighted by Gasteiger charge is 2.43. The second-order valence-electron chi connectivity index (χ2n) is 8.46. The van der Waals surface area contributed by atoms with Gasteiger partial charge in [0.15, 0.2) is 11.2 Å². The van der Waals surface area contributed by atoms with Crippen molar-refractivity contribution in [1.29, 1.82) is 0 Å². The van der Waals surface area contributed by atoms with Crippen molar-refractivity contribution in [3.05, 3.63) is 52.1 Å². The van der Waals surface area contributed by atoms with Crippen molar-refractivity contribution in [2.24, 2.45) is 5.73 Å². The number of fused-ring (bicyclic) bond motifs is 1. The Bertz CT molecular complexity index is 1510. The van der Waals surface area contributed by atoms with Gasteiger partial charge in [0.1, 0.15) is 6.04 Å². The number of hydrogen-bond donors (Lipinski definition) is 6. The molecule has 0 saturated carbocycles. The van der Waals surface area contributed by atoms with Crippen molar-refractivity contribution in [3.63, 3.8) is 0 Å². The number of nitrogen functional groups attached to an aromatic ring is 1. The smallest absolute Gasteiger partial charge is 0.471 e. The van der Waals surface area contributed by atoms with Crippen LogP contribution in [0.2, 0.25) is 0 Å². The fraction of sp³-hybridized carbons (Fsp3) is 0.304. The van der Waals surface area contributed by atoms with E-state index in [1.54, 1.807) is 0 Å². The second-order valence-corrected chi connectivity index (χ2v) is 8.46. The molecule has 2 aromatic heterocycles. The first-order chi connectivity index (χ1) is 19.3. The maximum Gasteiger partial charge on any atom is 0.471 e. The van der Waals surface area contributed by atoms with Crippen molar-refractivity contribution in [2.75, 3.05) is 23.7 Å². The van der Waals surface area contributed by atoms with Crippen LogP contribution in [0.1, 0.15) is 28.9 Å². The third-order valence-corrected chi connectivity index (χ3v) is 5.47. The molecular weight excluding hydrogens is 555 g/mol. The molecular formula is C23H24F3N9O6. The van der Waals surface area contributed by atoms with Crippen molar-refractivity contribution in [1.82, 2.24) is 30.6 Å². The van der Waals surface area contributed by atoms with Gasteiger partial charge in [0.25, 0.3) is 11.5 Å². The molecule has 41 heavy (non-hydrogen) atoms. The number of nitrogens with two attached hydrogens (primary N) is 2. The van der Waals surface area contributed by atoms with Gasteiger partial charge in [0.2, 0.25) is 11.9 Å².